The Morgan fingerprint density at radius 2 is 2.33 bits per heavy atom. The highest BCUT2D eigenvalue weighted by Crippen LogP contribution is 2.00. The number of ketones is 1. The van der Waals surface area contributed by atoms with Gasteiger partial charge in [0.1, 0.15) is 5.60 Å². The fraction of sp³-hybridized carbons (Fsp3) is 0.800. The van der Waals surface area contributed by atoms with Crippen LogP contribution in [0.15, 0.2) is 0 Å². The number of aliphatic hydroxyl groups is 1. The van der Waals surface area contributed by atoms with E-state index in [2.05, 4.69) is 5.43 Å². The predicted molar refractivity (Wildman–Crippen MR) is 33.5 cm³/mol. The summed E-state index contributed by atoms with van der Waals surface area (Å²) in [4.78, 5) is 10.5. The molecule has 4 nitrogen and oxygen atoms in total. The van der Waals surface area contributed by atoms with E-state index in [0.29, 0.717) is 0 Å². The first kappa shape index (κ1) is 8.55. The molecular weight excluding hydrogens is 120 g/mol. The molecule has 0 radical (unpaired) electrons. The van der Waals surface area contributed by atoms with Crippen molar-refractivity contribution in [3.05, 3.63) is 0 Å². The molecule has 4 heteroatoms. The molecule has 0 aliphatic heterocycles. The molecule has 0 saturated carbocycles. The Morgan fingerprint density at radius 1 is 1.89 bits per heavy atom. The van der Waals surface area contributed by atoms with Gasteiger partial charge in [-0.2, -0.15) is 0 Å². The first-order chi connectivity index (χ1) is 4.00. The molecule has 0 spiro atoms. The lowest BCUT2D eigenvalue weighted by Gasteiger charge is -2.17. The lowest BCUT2D eigenvalue weighted by Crippen LogP contribution is -2.45. The minimum absolute atomic E-state index is 0.0856. The first-order valence-electron chi connectivity index (χ1n) is 2.67. The van der Waals surface area contributed by atoms with Gasteiger partial charge in [0.15, 0.2) is 5.78 Å². The fourth-order valence-corrected chi connectivity index (χ4v) is 0.323. The maximum absolute atomic E-state index is 10.5. The second-order valence-corrected chi connectivity index (χ2v) is 2.21. The van der Waals surface area contributed by atoms with Crippen LogP contribution in [0.2, 0.25) is 0 Å². The number of Topliss-reactive ketones (excluding diaryl/α,β-unsaturated/α-hetero) is 1. The van der Waals surface area contributed by atoms with Crippen LogP contribution in [0.25, 0.3) is 0 Å². The van der Waals surface area contributed by atoms with Gasteiger partial charge >= 0.3 is 0 Å². The van der Waals surface area contributed by atoms with Gasteiger partial charge in [0.25, 0.3) is 0 Å². The molecule has 1 atom stereocenters. The van der Waals surface area contributed by atoms with Gasteiger partial charge in [-0.3, -0.25) is 16.1 Å². The SMILES string of the molecule is CC(=O)C(C)(O)CNN. The monoisotopic (exact) mass is 132 g/mol. The van der Waals surface area contributed by atoms with Crippen LogP contribution < -0.4 is 11.3 Å². The van der Waals surface area contributed by atoms with Crippen molar-refractivity contribution in [2.75, 3.05) is 6.54 Å². The van der Waals surface area contributed by atoms with Crippen LogP contribution >= 0.6 is 0 Å². The van der Waals surface area contributed by atoms with Gasteiger partial charge in [-0.05, 0) is 13.8 Å². The third-order valence-corrected chi connectivity index (χ3v) is 1.20. The first-order valence-corrected chi connectivity index (χ1v) is 2.67. The summed E-state index contributed by atoms with van der Waals surface area (Å²) in [7, 11) is 0. The number of hydrazine groups is 1. The van der Waals surface area contributed by atoms with E-state index < -0.39 is 5.60 Å². The van der Waals surface area contributed by atoms with Crippen molar-refractivity contribution in [3.8, 4) is 0 Å². The Morgan fingerprint density at radius 3 is 2.44 bits per heavy atom. The molecule has 0 aliphatic rings. The van der Waals surface area contributed by atoms with Gasteiger partial charge in [0, 0.05) is 6.54 Å². The second kappa shape index (κ2) is 2.91. The Kier molecular flexibility index (Phi) is 2.76. The molecule has 0 amide bonds. The largest absolute Gasteiger partial charge is 0.381 e. The van der Waals surface area contributed by atoms with E-state index in [4.69, 9.17) is 10.9 Å². The van der Waals surface area contributed by atoms with Crippen molar-refractivity contribution >= 4 is 5.78 Å². The molecule has 0 aromatic heterocycles. The van der Waals surface area contributed by atoms with Gasteiger partial charge in [0.2, 0.25) is 0 Å². The van der Waals surface area contributed by atoms with Crippen molar-refractivity contribution in [1.82, 2.24) is 5.43 Å². The maximum Gasteiger partial charge on any atom is 0.162 e. The highest BCUT2D eigenvalue weighted by Gasteiger charge is 2.24. The highest BCUT2D eigenvalue weighted by molar-refractivity contribution is 5.84. The molecule has 0 aromatic rings. The predicted octanol–water partition coefficient (Wildman–Crippen LogP) is -1.21. The summed E-state index contributed by atoms with van der Waals surface area (Å²) in [6.07, 6.45) is 0. The van der Waals surface area contributed by atoms with Crippen LogP contribution in [0, 0.1) is 0 Å². The lowest BCUT2D eigenvalue weighted by atomic mass is 10.0. The van der Waals surface area contributed by atoms with Crippen LogP contribution in [0.4, 0.5) is 0 Å². The fourth-order valence-electron chi connectivity index (χ4n) is 0.323. The van der Waals surface area contributed by atoms with Crippen molar-refractivity contribution in [1.29, 1.82) is 0 Å². The quantitative estimate of drug-likeness (QED) is 0.332. The normalized spacial score (nSPS) is 16.9. The van der Waals surface area contributed by atoms with E-state index in [1.165, 1.54) is 13.8 Å². The molecule has 0 aromatic carbocycles. The Labute approximate surface area is 54.0 Å². The molecule has 54 valence electrons. The van der Waals surface area contributed by atoms with Gasteiger partial charge in [-0.1, -0.05) is 0 Å². The van der Waals surface area contributed by atoms with E-state index >= 15 is 0 Å². The minimum atomic E-state index is -1.32. The lowest BCUT2D eigenvalue weighted by molar-refractivity contribution is -0.132. The van der Waals surface area contributed by atoms with Crippen LogP contribution in [0.1, 0.15) is 13.8 Å². The van der Waals surface area contributed by atoms with Crippen LogP contribution in [0.3, 0.4) is 0 Å². The molecule has 0 aliphatic carbocycles. The Balaban J connectivity index is 3.85. The van der Waals surface area contributed by atoms with Crippen molar-refractivity contribution in [2.24, 2.45) is 5.84 Å². The van der Waals surface area contributed by atoms with E-state index in [-0.39, 0.29) is 12.3 Å². The van der Waals surface area contributed by atoms with E-state index in [0.717, 1.165) is 0 Å². The molecule has 0 rings (SSSR count). The van der Waals surface area contributed by atoms with E-state index in [9.17, 15) is 4.79 Å². The third-order valence-electron chi connectivity index (χ3n) is 1.20. The summed E-state index contributed by atoms with van der Waals surface area (Å²) in [5.41, 5.74) is 0.894. The zero-order valence-corrected chi connectivity index (χ0v) is 5.64. The summed E-state index contributed by atoms with van der Waals surface area (Å²) in [5, 5.41) is 9.10. The Hall–Kier alpha value is -0.450. The smallest absolute Gasteiger partial charge is 0.162 e. The summed E-state index contributed by atoms with van der Waals surface area (Å²) in [6.45, 7) is 2.81. The number of rotatable bonds is 3. The highest BCUT2D eigenvalue weighted by atomic mass is 16.3. The van der Waals surface area contributed by atoms with Crippen LogP contribution in [-0.4, -0.2) is 23.0 Å². The zero-order valence-electron chi connectivity index (χ0n) is 5.64. The molecule has 0 heterocycles. The number of carbonyl (C=O) groups excluding carboxylic acids is 1. The topological polar surface area (TPSA) is 75.3 Å². The summed E-state index contributed by atoms with van der Waals surface area (Å²) in [5.74, 6) is 4.60. The number of carbonyl (C=O) groups is 1. The van der Waals surface area contributed by atoms with E-state index in [1.807, 2.05) is 0 Å². The van der Waals surface area contributed by atoms with Gasteiger partial charge in [-0.25, -0.2) is 0 Å². The average Bonchev–Trinajstić information content (AvgIpc) is 1.65. The number of nitrogens with one attached hydrogen (secondary N) is 1. The second-order valence-electron chi connectivity index (χ2n) is 2.21. The number of hydrogen-bond donors (Lipinski definition) is 3. The maximum atomic E-state index is 10.5. The zero-order chi connectivity index (χ0) is 7.49. The van der Waals surface area contributed by atoms with E-state index in [1.54, 1.807) is 0 Å². The summed E-state index contributed by atoms with van der Waals surface area (Å²) < 4.78 is 0. The van der Waals surface area contributed by atoms with Crippen LogP contribution in [-0.2, 0) is 4.79 Å². The molecule has 1 unspecified atom stereocenters. The molecular formula is C5H12N2O2. The van der Waals surface area contributed by atoms with Gasteiger partial charge < -0.3 is 5.11 Å². The van der Waals surface area contributed by atoms with Crippen molar-refractivity contribution < 1.29 is 9.90 Å². The van der Waals surface area contributed by atoms with Gasteiger partial charge in [-0.15, -0.1) is 0 Å². The Bertz CT molecular complexity index is 112. The summed E-state index contributed by atoms with van der Waals surface area (Å²) >= 11 is 0. The van der Waals surface area contributed by atoms with Crippen molar-refractivity contribution in [2.45, 2.75) is 19.4 Å². The number of hydrogen-bond acceptors (Lipinski definition) is 4. The molecule has 0 bridgehead atoms. The molecule has 9 heavy (non-hydrogen) atoms. The minimum Gasteiger partial charge on any atom is -0.381 e. The van der Waals surface area contributed by atoms with Crippen LogP contribution in [0.5, 0.6) is 0 Å². The van der Waals surface area contributed by atoms with Crippen molar-refractivity contribution in [3.63, 3.8) is 0 Å². The summed E-state index contributed by atoms with van der Waals surface area (Å²) in [6, 6.07) is 0. The molecule has 0 saturated heterocycles. The van der Waals surface area contributed by atoms with Gasteiger partial charge in [0.05, 0.1) is 0 Å². The third kappa shape index (κ3) is 2.55. The molecule has 4 N–H and O–H groups in total. The molecule has 0 fully saturated rings. The number of nitrogens with two attached hydrogens (primary N) is 1. The standard InChI is InChI=1S/C5H12N2O2/c1-4(8)5(2,9)3-7-6/h7,9H,3,6H2,1-2H3. The average molecular weight is 132 g/mol.